The van der Waals surface area contributed by atoms with Gasteiger partial charge in [-0.1, -0.05) is 55.7 Å². The number of hydrogen-bond acceptors (Lipinski definition) is 5. The number of carbonyl (C=O) groups excluding carboxylic acids is 2. The highest BCUT2D eigenvalue weighted by atomic mass is 32.1. The van der Waals surface area contributed by atoms with Crippen molar-refractivity contribution in [3.63, 3.8) is 0 Å². The average molecular weight is 507 g/mol. The van der Waals surface area contributed by atoms with Crippen molar-refractivity contribution in [2.75, 3.05) is 14.2 Å². The smallest absolute Gasteiger partial charge is 0.247 e. The van der Waals surface area contributed by atoms with Gasteiger partial charge in [-0.2, -0.15) is 0 Å². The molecule has 4 rings (SSSR count). The number of benzene rings is 2. The molecule has 2 amide bonds. The van der Waals surface area contributed by atoms with E-state index in [0.29, 0.717) is 23.6 Å². The van der Waals surface area contributed by atoms with Crippen molar-refractivity contribution in [1.29, 1.82) is 0 Å². The second kappa shape index (κ2) is 12.6. The van der Waals surface area contributed by atoms with E-state index in [4.69, 9.17) is 9.47 Å². The van der Waals surface area contributed by atoms with Crippen LogP contribution in [-0.4, -0.2) is 37.0 Å². The second-order valence-electron chi connectivity index (χ2n) is 9.12. The zero-order valence-corrected chi connectivity index (χ0v) is 21.8. The Kier molecular flexibility index (Phi) is 9.01. The SMILES string of the molecule is COc1ccc([C@@H](C(=O)NC2CCCCC2)N(Cc2ccccc2)C(=O)Cc2cccs2)c(OC)c1. The van der Waals surface area contributed by atoms with Crippen molar-refractivity contribution in [3.8, 4) is 11.5 Å². The fourth-order valence-corrected chi connectivity index (χ4v) is 5.49. The van der Waals surface area contributed by atoms with Gasteiger partial charge >= 0.3 is 0 Å². The Bertz CT molecular complexity index is 1130. The number of carbonyl (C=O) groups is 2. The summed E-state index contributed by atoms with van der Waals surface area (Å²) in [6.45, 7) is 0.309. The van der Waals surface area contributed by atoms with Crippen LogP contribution in [0.4, 0.5) is 0 Å². The lowest BCUT2D eigenvalue weighted by Gasteiger charge is -2.34. The van der Waals surface area contributed by atoms with Crippen LogP contribution in [0.25, 0.3) is 0 Å². The predicted octanol–water partition coefficient (Wildman–Crippen LogP) is 5.53. The van der Waals surface area contributed by atoms with Crippen molar-refractivity contribution >= 4 is 23.2 Å². The molecule has 36 heavy (non-hydrogen) atoms. The third-order valence-corrected chi connectivity index (χ3v) is 7.54. The van der Waals surface area contributed by atoms with Gasteiger partial charge in [-0.15, -0.1) is 11.3 Å². The number of nitrogens with one attached hydrogen (secondary N) is 1. The number of nitrogens with zero attached hydrogens (tertiary/aromatic N) is 1. The Morgan fingerprint density at radius 2 is 1.78 bits per heavy atom. The molecule has 3 aromatic rings. The number of hydrogen-bond donors (Lipinski definition) is 1. The summed E-state index contributed by atoms with van der Waals surface area (Å²) in [5.41, 5.74) is 1.60. The molecule has 2 aromatic carbocycles. The van der Waals surface area contributed by atoms with Crippen LogP contribution in [-0.2, 0) is 22.6 Å². The lowest BCUT2D eigenvalue weighted by atomic mass is 9.94. The maximum Gasteiger partial charge on any atom is 0.247 e. The van der Waals surface area contributed by atoms with E-state index in [1.165, 1.54) is 6.42 Å². The van der Waals surface area contributed by atoms with Gasteiger partial charge in [0.1, 0.15) is 17.5 Å². The van der Waals surface area contributed by atoms with E-state index in [-0.39, 0.29) is 24.3 Å². The van der Waals surface area contributed by atoms with Crippen LogP contribution in [0.2, 0.25) is 0 Å². The summed E-state index contributed by atoms with van der Waals surface area (Å²) in [4.78, 5) is 30.5. The number of ether oxygens (including phenoxy) is 2. The largest absolute Gasteiger partial charge is 0.497 e. The molecule has 0 spiro atoms. The Morgan fingerprint density at radius 3 is 2.44 bits per heavy atom. The van der Waals surface area contributed by atoms with Crippen LogP contribution in [0.5, 0.6) is 11.5 Å². The molecule has 1 aromatic heterocycles. The van der Waals surface area contributed by atoms with Gasteiger partial charge in [0, 0.05) is 29.1 Å². The summed E-state index contributed by atoms with van der Waals surface area (Å²) in [6.07, 6.45) is 5.55. The molecule has 1 N–H and O–H groups in total. The van der Waals surface area contributed by atoms with Gasteiger partial charge < -0.3 is 19.7 Å². The maximum atomic E-state index is 14.0. The highest BCUT2D eigenvalue weighted by molar-refractivity contribution is 7.10. The topological polar surface area (TPSA) is 67.9 Å². The molecule has 0 saturated heterocycles. The Balaban J connectivity index is 1.75. The molecule has 0 unspecified atom stereocenters. The molecule has 6 nitrogen and oxygen atoms in total. The Labute approximate surface area is 217 Å². The van der Waals surface area contributed by atoms with Crippen LogP contribution >= 0.6 is 11.3 Å². The molecule has 0 bridgehead atoms. The van der Waals surface area contributed by atoms with Gasteiger partial charge in [-0.25, -0.2) is 0 Å². The van der Waals surface area contributed by atoms with Gasteiger partial charge in [0.15, 0.2) is 0 Å². The first-order valence-corrected chi connectivity index (χ1v) is 13.3. The fourth-order valence-electron chi connectivity index (χ4n) is 4.79. The third kappa shape index (κ3) is 6.46. The van der Waals surface area contributed by atoms with Gasteiger partial charge in [0.05, 0.1) is 20.6 Å². The molecule has 7 heteroatoms. The normalized spacial score (nSPS) is 14.6. The van der Waals surface area contributed by atoms with Crippen molar-refractivity contribution in [1.82, 2.24) is 10.2 Å². The van der Waals surface area contributed by atoms with Gasteiger partial charge in [-0.05, 0) is 42.0 Å². The number of methoxy groups -OCH3 is 2. The standard InChI is InChI=1S/C29H34N2O4S/c1-34-23-15-16-25(26(18-23)35-2)28(29(33)30-22-12-7-4-8-13-22)31(20-21-10-5-3-6-11-21)27(32)19-24-14-9-17-36-24/h3,5-6,9-11,14-18,22,28H,4,7-8,12-13,19-20H2,1-2H3,(H,30,33)/t28-/m0/s1. The molecule has 1 heterocycles. The molecule has 0 radical (unpaired) electrons. The summed E-state index contributed by atoms with van der Waals surface area (Å²) in [7, 11) is 3.16. The van der Waals surface area contributed by atoms with Crippen molar-refractivity contribution in [2.24, 2.45) is 0 Å². The minimum atomic E-state index is -0.847. The van der Waals surface area contributed by atoms with Crippen molar-refractivity contribution < 1.29 is 19.1 Å². The second-order valence-corrected chi connectivity index (χ2v) is 10.1. The summed E-state index contributed by atoms with van der Waals surface area (Å²) < 4.78 is 11.1. The van der Waals surface area contributed by atoms with Crippen LogP contribution in [0.3, 0.4) is 0 Å². The first-order valence-electron chi connectivity index (χ1n) is 12.5. The average Bonchev–Trinajstić information content (AvgIpc) is 3.42. The number of rotatable bonds is 10. The quantitative estimate of drug-likeness (QED) is 0.393. The molecule has 1 aliphatic carbocycles. The summed E-state index contributed by atoms with van der Waals surface area (Å²) in [5, 5.41) is 5.22. The van der Waals surface area contributed by atoms with E-state index in [1.807, 2.05) is 60.0 Å². The zero-order chi connectivity index (χ0) is 25.3. The summed E-state index contributed by atoms with van der Waals surface area (Å²) in [6, 6.07) is 18.4. The van der Waals surface area contributed by atoms with E-state index in [2.05, 4.69) is 5.32 Å². The maximum absolute atomic E-state index is 14.0. The number of amides is 2. The highest BCUT2D eigenvalue weighted by Gasteiger charge is 2.35. The molecule has 0 aliphatic heterocycles. The van der Waals surface area contributed by atoms with Crippen molar-refractivity contribution in [3.05, 3.63) is 82.0 Å². The molecular weight excluding hydrogens is 472 g/mol. The lowest BCUT2D eigenvalue weighted by Crippen LogP contribution is -2.47. The van der Waals surface area contributed by atoms with Gasteiger partial charge in [0.2, 0.25) is 11.8 Å². The van der Waals surface area contributed by atoms with Crippen molar-refractivity contribution in [2.45, 2.75) is 57.2 Å². The summed E-state index contributed by atoms with van der Waals surface area (Å²) >= 11 is 1.54. The van der Waals surface area contributed by atoms with Crippen LogP contribution in [0.1, 0.15) is 54.1 Å². The third-order valence-electron chi connectivity index (χ3n) is 6.67. The molecule has 1 saturated carbocycles. The van der Waals surface area contributed by atoms with Gasteiger partial charge in [-0.3, -0.25) is 9.59 Å². The minimum absolute atomic E-state index is 0.108. The first-order chi connectivity index (χ1) is 17.6. The Morgan fingerprint density at radius 1 is 1.00 bits per heavy atom. The van der Waals surface area contributed by atoms with Crippen LogP contribution in [0, 0.1) is 0 Å². The van der Waals surface area contributed by atoms with Crippen LogP contribution in [0.15, 0.2) is 66.0 Å². The van der Waals surface area contributed by atoms with E-state index in [9.17, 15) is 9.59 Å². The van der Waals surface area contributed by atoms with E-state index >= 15 is 0 Å². The molecule has 1 aliphatic rings. The summed E-state index contributed by atoms with van der Waals surface area (Å²) in [5.74, 6) is 0.852. The fraction of sp³-hybridized carbons (Fsp3) is 0.379. The number of thiophene rings is 1. The Hall–Kier alpha value is -3.32. The monoisotopic (exact) mass is 506 g/mol. The lowest BCUT2D eigenvalue weighted by molar-refractivity contribution is -0.141. The molecule has 190 valence electrons. The minimum Gasteiger partial charge on any atom is -0.497 e. The van der Waals surface area contributed by atoms with Crippen LogP contribution < -0.4 is 14.8 Å². The van der Waals surface area contributed by atoms with Gasteiger partial charge in [0.25, 0.3) is 0 Å². The van der Waals surface area contributed by atoms with E-state index in [0.717, 1.165) is 36.1 Å². The molecule has 1 fully saturated rings. The van der Waals surface area contributed by atoms with E-state index in [1.54, 1.807) is 36.5 Å². The highest BCUT2D eigenvalue weighted by Crippen LogP contribution is 2.35. The first kappa shape index (κ1) is 25.8. The molecular formula is C29H34N2O4S. The zero-order valence-electron chi connectivity index (χ0n) is 20.9. The predicted molar refractivity (Wildman–Crippen MR) is 142 cm³/mol. The molecule has 1 atom stereocenters. The van der Waals surface area contributed by atoms with E-state index < -0.39 is 6.04 Å².